The van der Waals surface area contributed by atoms with E-state index in [0.29, 0.717) is 28.2 Å². The predicted molar refractivity (Wildman–Crippen MR) is 147 cm³/mol. The molecule has 3 aromatic rings. The molecule has 0 spiro atoms. The number of aromatic hydroxyl groups is 1. The van der Waals surface area contributed by atoms with Gasteiger partial charge in [0.2, 0.25) is 0 Å². The van der Waals surface area contributed by atoms with Gasteiger partial charge in [-0.3, -0.25) is 4.79 Å². The van der Waals surface area contributed by atoms with E-state index in [1.165, 1.54) is 0 Å². The third-order valence-electron chi connectivity index (χ3n) is 6.11. The number of hydrogen-bond acceptors (Lipinski definition) is 3. The molecule has 0 atom stereocenters. The van der Waals surface area contributed by atoms with Gasteiger partial charge in [-0.25, -0.2) is 0 Å². The third-order valence-corrected chi connectivity index (χ3v) is 6.35. The van der Waals surface area contributed by atoms with Gasteiger partial charge in [-0.05, 0) is 96.0 Å². The highest BCUT2D eigenvalue weighted by Gasteiger charge is 2.24. The maximum absolute atomic E-state index is 12.4. The number of halogens is 1. The zero-order valence-corrected chi connectivity index (χ0v) is 22.2. The minimum absolute atomic E-state index is 0.103. The first-order valence-electron chi connectivity index (χ1n) is 11.8. The van der Waals surface area contributed by atoms with Crippen LogP contribution in [0.3, 0.4) is 0 Å². The highest BCUT2D eigenvalue weighted by Crippen LogP contribution is 2.37. The number of anilines is 1. The van der Waals surface area contributed by atoms with Crippen LogP contribution >= 0.6 is 11.6 Å². The molecule has 0 saturated heterocycles. The molecule has 0 unspecified atom stereocenters. The van der Waals surface area contributed by atoms with Crippen molar-refractivity contribution in [2.45, 2.75) is 53.4 Å². The van der Waals surface area contributed by atoms with E-state index >= 15 is 0 Å². The molecule has 5 heteroatoms. The van der Waals surface area contributed by atoms with Crippen molar-refractivity contribution < 1.29 is 14.6 Å². The summed E-state index contributed by atoms with van der Waals surface area (Å²) in [5, 5.41) is 13.0. The monoisotopic (exact) mass is 491 g/mol. The Balaban J connectivity index is 0.000000261. The molecule has 4 nitrogen and oxygen atoms in total. The summed E-state index contributed by atoms with van der Waals surface area (Å²) in [6.07, 6.45) is 1.93. The number of aryl methyl sites for hydroxylation is 2. The molecule has 35 heavy (non-hydrogen) atoms. The SMILES string of the molecule is COc1cc(C)c(/C=C2\C(=O)Nc3ccc(Cl)cc32)cc1C(C)C.Cc1ccc(C(C)C)c(O)c1. The Kier molecular flexibility index (Phi) is 8.29. The standard InChI is InChI=1S/C20H20ClNO2.C10H14O/c1-11(2)15-8-13(12(3)7-19(15)24-4)9-17-16-10-14(21)5-6-18(16)22-20(17)23;1-7(2)9-5-4-8(3)6-10(9)11/h5-11H,1-4H3,(H,22,23);4-7,11H,1-3H3/b17-9-;. The number of amides is 1. The highest BCUT2D eigenvalue weighted by molar-refractivity contribution is 6.36. The van der Waals surface area contributed by atoms with Crippen molar-refractivity contribution in [3.05, 3.63) is 86.9 Å². The minimum Gasteiger partial charge on any atom is -0.508 e. The van der Waals surface area contributed by atoms with E-state index in [9.17, 15) is 9.90 Å². The van der Waals surface area contributed by atoms with Crippen LogP contribution in [0.2, 0.25) is 5.02 Å². The van der Waals surface area contributed by atoms with E-state index in [0.717, 1.165) is 44.8 Å². The van der Waals surface area contributed by atoms with E-state index in [2.05, 4.69) is 39.1 Å². The molecule has 0 aromatic heterocycles. The summed E-state index contributed by atoms with van der Waals surface area (Å²) in [5.74, 6) is 1.92. The third kappa shape index (κ3) is 6.07. The van der Waals surface area contributed by atoms with E-state index < -0.39 is 0 Å². The number of hydrogen-bond donors (Lipinski definition) is 2. The number of benzene rings is 3. The molecule has 0 bridgehead atoms. The van der Waals surface area contributed by atoms with Gasteiger partial charge in [0.15, 0.2) is 0 Å². The summed E-state index contributed by atoms with van der Waals surface area (Å²) in [6, 6.07) is 15.4. The quantitative estimate of drug-likeness (QED) is 0.362. The maximum atomic E-state index is 12.4. The van der Waals surface area contributed by atoms with Crippen LogP contribution in [0.15, 0.2) is 48.5 Å². The summed E-state index contributed by atoms with van der Waals surface area (Å²) in [5.41, 5.74) is 7.60. The number of nitrogens with one attached hydrogen (secondary N) is 1. The normalized spacial score (nSPS) is 13.5. The summed E-state index contributed by atoms with van der Waals surface area (Å²) in [7, 11) is 1.68. The Morgan fingerprint density at radius 2 is 1.63 bits per heavy atom. The zero-order chi connectivity index (χ0) is 25.9. The number of rotatable bonds is 4. The van der Waals surface area contributed by atoms with Crippen LogP contribution in [0.25, 0.3) is 11.6 Å². The number of phenols is 1. The Morgan fingerprint density at radius 3 is 2.23 bits per heavy atom. The van der Waals surface area contributed by atoms with Crippen molar-refractivity contribution in [2.24, 2.45) is 0 Å². The Bertz CT molecular complexity index is 1270. The molecule has 0 saturated carbocycles. The van der Waals surface area contributed by atoms with Crippen molar-refractivity contribution >= 4 is 34.8 Å². The first-order chi connectivity index (χ1) is 16.5. The Morgan fingerprint density at radius 1 is 0.943 bits per heavy atom. The van der Waals surface area contributed by atoms with Gasteiger partial charge in [-0.1, -0.05) is 51.4 Å². The average Bonchev–Trinajstić information content (AvgIpc) is 3.09. The molecule has 2 N–H and O–H groups in total. The maximum Gasteiger partial charge on any atom is 0.256 e. The van der Waals surface area contributed by atoms with Crippen molar-refractivity contribution in [3.63, 3.8) is 0 Å². The molecule has 184 valence electrons. The van der Waals surface area contributed by atoms with E-state index in [1.54, 1.807) is 19.2 Å². The topological polar surface area (TPSA) is 58.6 Å². The van der Waals surface area contributed by atoms with Crippen LogP contribution in [-0.2, 0) is 4.79 Å². The summed E-state index contributed by atoms with van der Waals surface area (Å²) < 4.78 is 5.49. The molecule has 0 aliphatic carbocycles. The van der Waals surface area contributed by atoms with Gasteiger partial charge >= 0.3 is 0 Å². The lowest BCUT2D eigenvalue weighted by Gasteiger charge is -2.15. The molecular formula is C30H34ClNO3. The van der Waals surface area contributed by atoms with Crippen molar-refractivity contribution in [1.29, 1.82) is 0 Å². The van der Waals surface area contributed by atoms with Gasteiger partial charge in [0.05, 0.1) is 7.11 Å². The predicted octanol–water partition coefficient (Wildman–Crippen LogP) is 8.10. The lowest BCUT2D eigenvalue weighted by molar-refractivity contribution is -0.110. The molecule has 0 fully saturated rings. The van der Waals surface area contributed by atoms with Crippen LogP contribution in [-0.4, -0.2) is 18.1 Å². The van der Waals surface area contributed by atoms with Crippen molar-refractivity contribution in [1.82, 2.24) is 0 Å². The number of fused-ring (bicyclic) bond motifs is 1. The van der Waals surface area contributed by atoms with E-state index in [1.807, 2.05) is 50.3 Å². The Hall–Kier alpha value is -3.24. The molecule has 0 radical (unpaired) electrons. The largest absolute Gasteiger partial charge is 0.508 e. The van der Waals surface area contributed by atoms with Crippen molar-refractivity contribution in [3.8, 4) is 11.5 Å². The average molecular weight is 492 g/mol. The molecule has 1 aliphatic heterocycles. The number of carbonyl (C=O) groups is 1. The second-order valence-corrected chi connectivity index (χ2v) is 9.96. The van der Waals surface area contributed by atoms with Crippen LogP contribution in [0, 0.1) is 13.8 Å². The summed E-state index contributed by atoms with van der Waals surface area (Å²) in [6.45, 7) is 12.4. The van der Waals surface area contributed by atoms with Gasteiger partial charge in [0.25, 0.3) is 5.91 Å². The molecule has 1 amide bonds. The van der Waals surface area contributed by atoms with Gasteiger partial charge in [0.1, 0.15) is 11.5 Å². The number of phenolic OH excluding ortho intramolecular Hbond substituents is 1. The number of methoxy groups -OCH3 is 1. The fourth-order valence-corrected chi connectivity index (χ4v) is 4.27. The molecule has 1 heterocycles. The summed E-state index contributed by atoms with van der Waals surface area (Å²) in [4.78, 5) is 12.4. The van der Waals surface area contributed by atoms with Crippen LogP contribution < -0.4 is 10.1 Å². The Labute approximate surface area is 213 Å². The second kappa shape index (κ2) is 11.0. The molecule has 1 aliphatic rings. The minimum atomic E-state index is -0.103. The number of ether oxygens (including phenoxy) is 1. The van der Waals surface area contributed by atoms with Crippen LogP contribution in [0.4, 0.5) is 5.69 Å². The molecule has 3 aromatic carbocycles. The highest BCUT2D eigenvalue weighted by atomic mass is 35.5. The smallest absolute Gasteiger partial charge is 0.256 e. The first-order valence-corrected chi connectivity index (χ1v) is 12.2. The van der Waals surface area contributed by atoms with Gasteiger partial charge < -0.3 is 15.2 Å². The summed E-state index contributed by atoms with van der Waals surface area (Å²) >= 11 is 6.09. The molecular weight excluding hydrogens is 458 g/mol. The van der Waals surface area contributed by atoms with E-state index in [-0.39, 0.29) is 5.91 Å². The molecule has 4 rings (SSSR count). The van der Waals surface area contributed by atoms with Crippen LogP contribution in [0.1, 0.15) is 72.9 Å². The number of carbonyl (C=O) groups excluding carboxylic acids is 1. The second-order valence-electron chi connectivity index (χ2n) is 9.52. The fourth-order valence-electron chi connectivity index (χ4n) is 4.10. The fraction of sp³-hybridized carbons (Fsp3) is 0.300. The van der Waals surface area contributed by atoms with E-state index in [4.69, 9.17) is 16.3 Å². The zero-order valence-electron chi connectivity index (χ0n) is 21.5. The van der Waals surface area contributed by atoms with Gasteiger partial charge in [-0.2, -0.15) is 0 Å². The van der Waals surface area contributed by atoms with Crippen molar-refractivity contribution in [2.75, 3.05) is 12.4 Å². The van der Waals surface area contributed by atoms with Gasteiger partial charge in [-0.15, -0.1) is 0 Å². The van der Waals surface area contributed by atoms with Crippen LogP contribution in [0.5, 0.6) is 11.5 Å². The lowest BCUT2D eigenvalue weighted by atomic mass is 9.94. The van der Waals surface area contributed by atoms with Gasteiger partial charge in [0, 0.05) is 21.8 Å². The lowest BCUT2D eigenvalue weighted by Crippen LogP contribution is -2.04. The first kappa shape index (κ1) is 26.4.